The quantitative estimate of drug-likeness (QED) is 0.347. The summed E-state index contributed by atoms with van der Waals surface area (Å²) in [4.78, 5) is 0. The molecular formula is C15H19BF4N2O2. The van der Waals surface area contributed by atoms with Crippen LogP contribution in [-0.4, -0.2) is 25.5 Å². The predicted octanol–water partition coefficient (Wildman–Crippen LogP) is 3.31. The lowest BCUT2D eigenvalue weighted by Crippen LogP contribution is -2.24. The van der Waals surface area contributed by atoms with Crippen LogP contribution in [0.2, 0.25) is 0 Å². The standard InChI is InChI=1S/C15H19N2O2.BF4/c1-13(14-4-6-15(18-3)7-5-14)19-11-10-17-9-8-16(2)12-17;2-1(3,4)5/h4-9,12H,1,10-11H2,2-3H3;/q+1;-1. The van der Waals surface area contributed by atoms with Crippen molar-refractivity contribution in [2.24, 2.45) is 7.05 Å². The van der Waals surface area contributed by atoms with Crippen LogP contribution in [-0.2, 0) is 18.3 Å². The fourth-order valence-corrected chi connectivity index (χ4v) is 1.77. The van der Waals surface area contributed by atoms with Gasteiger partial charge in [0.2, 0.25) is 6.33 Å². The zero-order valence-corrected chi connectivity index (χ0v) is 13.5. The minimum atomic E-state index is -6.00. The highest BCUT2D eigenvalue weighted by molar-refractivity contribution is 6.50. The maximum Gasteiger partial charge on any atom is 0.673 e. The molecule has 1 heterocycles. The van der Waals surface area contributed by atoms with Crippen molar-refractivity contribution < 1.29 is 31.3 Å². The van der Waals surface area contributed by atoms with E-state index in [-0.39, 0.29) is 0 Å². The molecular weight excluding hydrogens is 327 g/mol. The Bertz CT molecular complexity index is 636. The van der Waals surface area contributed by atoms with Gasteiger partial charge in [0, 0.05) is 5.56 Å². The number of aromatic nitrogens is 2. The van der Waals surface area contributed by atoms with Crippen LogP contribution in [0.15, 0.2) is 49.6 Å². The van der Waals surface area contributed by atoms with Crippen molar-refractivity contribution in [2.45, 2.75) is 6.54 Å². The monoisotopic (exact) mass is 346 g/mol. The van der Waals surface area contributed by atoms with Gasteiger partial charge in [-0.1, -0.05) is 6.58 Å². The van der Waals surface area contributed by atoms with Crippen LogP contribution in [0.1, 0.15) is 5.56 Å². The summed E-state index contributed by atoms with van der Waals surface area (Å²) in [6.45, 7) is 5.34. The Hall–Kier alpha value is -2.45. The summed E-state index contributed by atoms with van der Waals surface area (Å²) in [7, 11) is -2.36. The second-order valence-electron chi connectivity index (χ2n) is 4.81. The van der Waals surface area contributed by atoms with Crippen molar-refractivity contribution in [3.63, 3.8) is 0 Å². The third-order valence-electron chi connectivity index (χ3n) is 2.86. The van der Waals surface area contributed by atoms with E-state index in [1.54, 1.807) is 7.11 Å². The van der Waals surface area contributed by atoms with Crippen LogP contribution in [0.25, 0.3) is 5.76 Å². The first-order chi connectivity index (χ1) is 11.2. The largest absolute Gasteiger partial charge is 0.673 e. The van der Waals surface area contributed by atoms with E-state index in [1.165, 1.54) is 0 Å². The molecule has 2 rings (SSSR count). The van der Waals surface area contributed by atoms with E-state index < -0.39 is 7.25 Å². The molecule has 4 nitrogen and oxygen atoms in total. The van der Waals surface area contributed by atoms with Crippen LogP contribution in [0.3, 0.4) is 0 Å². The number of rotatable bonds is 6. The fourth-order valence-electron chi connectivity index (χ4n) is 1.77. The summed E-state index contributed by atoms with van der Waals surface area (Å²) in [6, 6.07) is 7.68. The Labute approximate surface area is 138 Å². The SMILES string of the molecule is C=C(OCCn1cc[n+](C)c1)c1ccc(OC)cc1.F[B-](F)(F)F. The smallest absolute Gasteiger partial charge is 0.497 e. The molecule has 132 valence electrons. The average Bonchev–Trinajstić information content (AvgIpc) is 2.91. The van der Waals surface area contributed by atoms with Gasteiger partial charge in [-0.15, -0.1) is 0 Å². The number of imidazole rings is 1. The van der Waals surface area contributed by atoms with Gasteiger partial charge in [0.1, 0.15) is 37.1 Å². The highest BCUT2D eigenvalue weighted by atomic mass is 19.5. The minimum absolute atomic E-state index is 0.597. The normalized spacial score (nSPS) is 10.6. The predicted molar refractivity (Wildman–Crippen MR) is 83.8 cm³/mol. The lowest BCUT2D eigenvalue weighted by atomic mass is 10.2. The average molecular weight is 346 g/mol. The van der Waals surface area contributed by atoms with Crippen LogP contribution in [0.5, 0.6) is 5.75 Å². The first-order valence-corrected chi connectivity index (χ1v) is 7.03. The van der Waals surface area contributed by atoms with Gasteiger partial charge in [0.05, 0.1) is 14.2 Å². The Kier molecular flexibility index (Phi) is 7.35. The second-order valence-corrected chi connectivity index (χ2v) is 4.81. The second kappa shape index (κ2) is 9.00. The summed E-state index contributed by atoms with van der Waals surface area (Å²) in [6.07, 6.45) is 6.03. The molecule has 0 amide bonds. The van der Waals surface area contributed by atoms with E-state index in [0.717, 1.165) is 17.9 Å². The highest BCUT2D eigenvalue weighted by Gasteiger charge is 2.20. The number of hydrogen-bond donors (Lipinski definition) is 0. The fraction of sp³-hybridized carbons (Fsp3) is 0.267. The molecule has 0 bridgehead atoms. The van der Waals surface area contributed by atoms with Crippen molar-refractivity contribution in [1.29, 1.82) is 0 Å². The van der Waals surface area contributed by atoms with Crippen LogP contribution in [0, 0.1) is 0 Å². The summed E-state index contributed by atoms with van der Waals surface area (Å²) in [5.41, 5.74) is 0.971. The molecule has 0 radical (unpaired) electrons. The van der Waals surface area contributed by atoms with Gasteiger partial charge in [-0.3, -0.25) is 0 Å². The molecule has 0 aliphatic rings. The van der Waals surface area contributed by atoms with Crippen LogP contribution in [0.4, 0.5) is 17.3 Å². The molecule has 0 saturated carbocycles. The van der Waals surface area contributed by atoms with E-state index >= 15 is 0 Å². The Morgan fingerprint density at radius 3 is 2.25 bits per heavy atom. The van der Waals surface area contributed by atoms with E-state index in [2.05, 4.69) is 11.1 Å². The van der Waals surface area contributed by atoms with Gasteiger partial charge < -0.3 is 26.7 Å². The minimum Gasteiger partial charge on any atom is -0.497 e. The zero-order valence-electron chi connectivity index (χ0n) is 13.5. The van der Waals surface area contributed by atoms with Crippen molar-refractivity contribution in [3.05, 3.63) is 55.1 Å². The van der Waals surface area contributed by atoms with Gasteiger partial charge >= 0.3 is 7.25 Å². The van der Waals surface area contributed by atoms with Gasteiger partial charge in [-0.2, -0.15) is 0 Å². The van der Waals surface area contributed by atoms with Gasteiger partial charge in [0.15, 0.2) is 0 Å². The molecule has 0 spiro atoms. The number of nitrogens with zero attached hydrogens (tertiary/aromatic N) is 2. The molecule has 2 aromatic rings. The van der Waals surface area contributed by atoms with Gasteiger partial charge in [0.25, 0.3) is 0 Å². The number of halogens is 4. The van der Waals surface area contributed by atoms with Crippen molar-refractivity contribution in [3.8, 4) is 5.75 Å². The van der Waals surface area contributed by atoms with Crippen molar-refractivity contribution >= 4 is 13.0 Å². The number of hydrogen-bond acceptors (Lipinski definition) is 2. The van der Waals surface area contributed by atoms with Crippen LogP contribution >= 0.6 is 0 Å². The Morgan fingerprint density at radius 2 is 1.79 bits per heavy atom. The molecule has 0 unspecified atom stereocenters. The topological polar surface area (TPSA) is 27.3 Å². The number of ether oxygens (including phenoxy) is 2. The molecule has 0 fully saturated rings. The number of methoxy groups -OCH3 is 1. The van der Waals surface area contributed by atoms with Crippen LogP contribution < -0.4 is 9.30 Å². The van der Waals surface area contributed by atoms with Crippen molar-refractivity contribution in [1.82, 2.24) is 4.57 Å². The van der Waals surface area contributed by atoms with Gasteiger partial charge in [-0.25, -0.2) is 9.13 Å². The molecule has 1 aromatic heterocycles. The lowest BCUT2D eigenvalue weighted by Gasteiger charge is -2.08. The highest BCUT2D eigenvalue weighted by Crippen LogP contribution is 2.18. The first-order valence-electron chi connectivity index (χ1n) is 7.03. The maximum atomic E-state index is 9.75. The molecule has 9 heteroatoms. The van der Waals surface area contributed by atoms with E-state index in [9.17, 15) is 17.3 Å². The summed E-state index contributed by atoms with van der Waals surface area (Å²) >= 11 is 0. The summed E-state index contributed by atoms with van der Waals surface area (Å²) in [5.74, 6) is 1.51. The molecule has 0 aliphatic heterocycles. The van der Waals surface area contributed by atoms with E-state index in [0.29, 0.717) is 12.4 Å². The van der Waals surface area contributed by atoms with E-state index in [1.807, 2.05) is 54.6 Å². The Morgan fingerprint density at radius 1 is 1.21 bits per heavy atom. The molecule has 24 heavy (non-hydrogen) atoms. The third-order valence-corrected chi connectivity index (χ3v) is 2.86. The first kappa shape index (κ1) is 19.6. The lowest BCUT2D eigenvalue weighted by molar-refractivity contribution is -0.671. The molecule has 1 aromatic carbocycles. The maximum absolute atomic E-state index is 9.75. The number of benzene rings is 1. The molecule has 0 atom stereocenters. The van der Waals surface area contributed by atoms with Crippen molar-refractivity contribution in [2.75, 3.05) is 13.7 Å². The summed E-state index contributed by atoms with van der Waals surface area (Å²) < 4.78 is 53.8. The van der Waals surface area contributed by atoms with E-state index in [4.69, 9.17) is 9.47 Å². The number of aryl methyl sites for hydroxylation is 1. The Balaban J connectivity index is 0.000000505. The molecule has 0 N–H and O–H groups in total. The molecule has 0 aliphatic carbocycles. The van der Waals surface area contributed by atoms with Gasteiger partial charge in [-0.05, 0) is 24.3 Å². The third kappa shape index (κ3) is 8.26. The zero-order chi connectivity index (χ0) is 18.2. The summed E-state index contributed by atoms with van der Waals surface area (Å²) in [5, 5.41) is 0. The molecule has 0 saturated heterocycles.